The van der Waals surface area contributed by atoms with Crippen LogP contribution in [0.2, 0.25) is 0 Å². The number of nitrogens with two attached hydrogens (primary N) is 1. The van der Waals surface area contributed by atoms with Crippen LogP contribution in [0.4, 0.5) is 0 Å². The van der Waals surface area contributed by atoms with Crippen LogP contribution in [0.25, 0.3) is 0 Å². The molecule has 82 valence electrons. The molecule has 1 unspecified atom stereocenters. The molecule has 0 heterocycles. The van der Waals surface area contributed by atoms with Gasteiger partial charge < -0.3 is 5.73 Å². The van der Waals surface area contributed by atoms with Gasteiger partial charge in [-0.3, -0.25) is 4.99 Å². The first-order chi connectivity index (χ1) is 6.21. The van der Waals surface area contributed by atoms with Gasteiger partial charge in [0.2, 0.25) is 0 Å². The molecule has 2 nitrogen and oxygen atoms in total. The van der Waals surface area contributed by atoms with E-state index in [2.05, 4.69) is 39.6 Å². The smallest absolute Gasteiger partial charge is 0.0994 e. The predicted octanol–water partition coefficient (Wildman–Crippen LogP) is 2.97. The quantitative estimate of drug-likeness (QED) is 0.508. The Bertz CT molecular complexity index is 233. The van der Waals surface area contributed by atoms with Crippen LogP contribution in [0.15, 0.2) is 4.99 Å². The molecule has 1 fully saturated rings. The van der Waals surface area contributed by atoms with Crippen LogP contribution < -0.4 is 5.73 Å². The van der Waals surface area contributed by atoms with Crippen molar-refractivity contribution in [2.75, 3.05) is 0 Å². The molecule has 1 rings (SSSR count). The van der Waals surface area contributed by atoms with Crippen molar-refractivity contribution in [3.63, 3.8) is 0 Å². The fraction of sp³-hybridized carbons (Fsp3) is 0.917. The summed E-state index contributed by atoms with van der Waals surface area (Å²) in [4.78, 5) is 4.64. The van der Waals surface area contributed by atoms with E-state index >= 15 is 0 Å². The van der Waals surface area contributed by atoms with Gasteiger partial charge in [-0.1, -0.05) is 34.6 Å². The number of rotatable bonds is 1. The van der Waals surface area contributed by atoms with E-state index in [-0.39, 0.29) is 5.41 Å². The van der Waals surface area contributed by atoms with Gasteiger partial charge in [0.05, 0.1) is 11.9 Å². The second-order valence-electron chi connectivity index (χ2n) is 6.33. The summed E-state index contributed by atoms with van der Waals surface area (Å²) in [5, 5.41) is 0. The van der Waals surface area contributed by atoms with Crippen LogP contribution in [0, 0.1) is 10.8 Å². The van der Waals surface area contributed by atoms with E-state index in [0.29, 0.717) is 11.5 Å². The number of hydrogen-bond acceptors (Lipinski definition) is 1. The number of aliphatic imine (C=N–C) groups is 1. The molecular weight excluding hydrogens is 172 g/mol. The Hall–Kier alpha value is -0.530. The summed E-state index contributed by atoms with van der Waals surface area (Å²) in [6.45, 7) is 11.0. The normalized spacial score (nSPS) is 28.1. The summed E-state index contributed by atoms with van der Waals surface area (Å²) in [5.41, 5.74) is 6.45. The average molecular weight is 196 g/mol. The van der Waals surface area contributed by atoms with E-state index < -0.39 is 0 Å². The largest absolute Gasteiger partial charge is 0.387 e. The van der Waals surface area contributed by atoms with Crippen LogP contribution in [0.3, 0.4) is 0 Å². The van der Waals surface area contributed by atoms with Gasteiger partial charge in [-0.2, -0.15) is 0 Å². The monoisotopic (exact) mass is 196 g/mol. The van der Waals surface area contributed by atoms with Gasteiger partial charge in [0, 0.05) is 5.41 Å². The summed E-state index contributed by atoms with van der Waals surface area (Å²) in [6, 6.07) is 0.462. The maximum Gasteiger partial charge on any atom is 0.0994 e. The van der Waals surface area contributed by atoms with Crippen molar-refractivity contribution in [2.24, 2.45) is 21.6 Å². The highest BCUT2D eigenvalue weighted by Crippen LogP contribution is 2.38. The molecule has 0 aromatic carbocycles. The molecule has 1 atom stereocenters. The van der Waals surface area contributed by atoms with E-state index in [9.17, 15) is 0 Å². The third-order valence-corrected chi connectivity index (χ3v) is 3.03. The second-order valence-corrected chi connectivity index (χ2v) is 6.33. The van der Waals surface area contributed by atoms with Crippen LogP contribution in [0.1, 0.15) is 53.9 Å². The van der Waals surface area contributed by atoms with E-state index in [0.717, 1.165) is 5.84 Å². The van der Waals surface area contributed by atoms with E-state index in [4.69, 9.17) is 5.73 Å². The predicted molar refractivity (Wildman–Crippen MR) is 62.5 cm³/mol. The fourth-order valence-corrected chi connectivity index (χ4v) is 1.90. The highest BCUT2D eigenvalue weighted by atomic mass is 14.9. The molecular formula is C12H24N2. The number of amidine groups is 1. The van der Waals surface area contributed by atoms with Crippen molar-refractivity contribution in [1.82, 2.24) is 0 Å². The lowest BCUT2D eigenvalue weighted by atomic mass is 9.91. The van der Waals surface area contributed by atoms with Crippen LogP contribution in [-0.4, -0.2) is 11.9 Å². The highest BCUT2D eigenvalue weighted by molar-refractivity contribution is 5.85. The number of nitrogens with zero attached hydrogens (tertiary/aromatic N) is 1. The topological polar surface area (TPSA) is 38.4 Å². The van der Waals surface area contributed by atoms with Gasteiger partial charge >= 0.3 is 0 Å². The van der Waals surface area contributed by atoms with Crippen LogP contribution in [0.5, 0.6) is 0 Å². The fourth-order valence-electron chi connectivity index (χ4n) is 1.90. The van der Waals surface area contributed by atoms with Gasteiger partial charge in [0.1, 0.15) is 0 Å². The van der Waals surface area contributed by atoms with Crippen molar-refractivity contribution < 1.29 is 0 Å². The molecule has 0 amide bonds. The van der Waals surface area contributed by atoms with Crippen molar-refractivity contribution in [3.8, 4) is 0 Å². The zero-order valence-corrected chi connectivity index (χ0v) is 10.2. The Balaban J connectivity index is 2.62. The SMILES string of the molecule is CC1(C)CCC(N=C(N)C(C)(C)C)C1. The lowest BCUT2D eigenvalue weighted by molar-refractivity contribution is 0.376. The molecule has 2 heteroatoms. The Morgan fingerprint density at radius 3 is 2.29 bits per heavy atom. The summed E-state index contributed by atoms with van der Waals surface area (Å²) < 4.78 is 0. The van der Waals surface area contributed by atoms with Gasteiger partial charge in [-0.05, 0) is 24.7 Å². The molecule has 1 aliphatic rings. The molecule has 0 aromatic rings. The molecule has 0 spiro atoms. The highest BCUT2D eigenvalue weighted by Gasteiger charge is 2.31. The van der Waals surface area contributed by atoms with E-state index in [1.54, 1.807) is 0 Å². The van der Waals surface area contributed by atoms with Crippen molar-refractivity contribution in [2.45, 2.75) is 59.9 Å². The molecule has 0 bridgehead atoms. The van der Waals surface area contributed by atoms with Crippen molar-refractivity contribution >= 4 is 5.84 Å². The summed E-state index contributed by atoms with van der Waals surface area (Å²) >= 11 is 0. The molecule has 0 aliphatic heterocycles. The lowest BCUT2D eigenvalue weighted by Crippen LogP contribution is -2.30. The molecule has 0 radical (unpaired) electrons. The number of hydrogen-bond donors (Lipinski definition) is 1. The summed E-state index contributed by atoms with van der Waals surface area (Å²) in [7, 11) is 0. The van der Waals surface area contributed by atoms with Crippen molar-refractivity contribution in [1.29, 1.82) is 0 Å². The van der Waals surface area contributed by atoms with Crippen molar-refractivity contribution in [3.05, 3.63) is 0 Å². The van der Waals surface area contributed by atoms with Gasteiger partial charge in [-0.15, -0.1) is 0 Å². The zero-order valence-electron chi connectivity index (χ0n) is 10.2. The first-order valence-corrected chi connectivity index (χ1v) is 5.54. The Labute approximate surface area is 88.0 Å². The molecule has 0 aromatic heterocycles. The standard InChI is InChI=1S/C12H24N2/c1-11(2,3)10(13)14-9-6-7-12(4,5)8-9/h9H,6-8H2,1-5H3,(H2,13,14). The van der Waals surface area contributed by atoms with E-state index in [1.807, 2.05) is 0 Å². The minimum absolute atomic E-state index is 0.0206. The molecule has 14 heavy (non-hydrogen) atoms. The second kappa shape index (κ2) is 3.56. The van der Waals surface area contributed by atoms with Gasteiger partial charge in [-0.25, -0.2) is 0 Å². The van der Waals surface area contributed by atoms with Gasteiger partial charge in [0.25, 0.3) is 0 Å². The zero-order chi connectivity index (χ0) is 11.0. The molecule has 1 saturated carbocycles. The summed E-state index contributed by atoms with van der Waals surface area (Å²) in [6.07, 6.45) is 3.66. The lowest BCUT2D eigenvalue weighted by Gasteiger charge is -2.20. The molecule has 0 saturated heterocycles. The van der Waals surface area contributed by atoms with E-state index in [1.165, 1.54) is 19.3 Å². The Morgan fingerprint density at radius 1 is 1.36 bits per heavy atom. The summed E-state index contributed by atoms with van der Waals surface area (Å²) in [5.74, 6) is 0.806. The minimum Gasteiger partial charge on any atom is -0.387 e. The Kier molecular flexibility index (Phi) is 2.93. The third-order valence-electron chi connectivity index (χ3n) is 3.03. The van der Waals surface area contributed by atoms with Crippen LogP contribution >= 0.6 is 0 Å². The maximum absolute atomic E-state index is 5.97. The maximum atomic E-state index is 5.97. The van der Waals surface area contributed by atoms with Gasteiger partial charge in [0.15, 0.2) is 0 Å². The minimum atomic E-state index is 0.0206. The average Bonchev–Trinajstić information content (AvgIpc) is 2.28. The molecule has 2 N–H and O–H groups in total. The first kappa shape index (κ1) is 11.5. The first-order valence-electron chi connectivity index (χ1n) is 5.54. The third kappa shape index (κ3) is 3.00. The Morgan fingerprint density at radius 2 is 1.93 bits per heavy atom. The molecule has 1 aliphatic carbocycles. The van der Waals surface area contributed by atoms with Crippen LogP contribution in [-0.2, 0) is 0 Å².